The van der Waals surface area contributed by atoms with Crippen LogP contribution < -0.4 is 15.5 Å². The number of hydrogen-bond donors (Lipinski definition) is 1. The Balaban J connectivity index is 2.38. The van der Waals surface area contributed by atoms with Gasteiger partial charge < -0.3 is 15.5 Å². The van der Waals surface area contributed by atoms with E-state index >= 15 is 0 Å². The van der Waals surface area contributed by atoms with Crippen LogP contribution in [0.1, 0.15) is 6.92 Å². The third-order valence-corrected chi connectivity index (χ3v) is 3.70. The first kappa shape index (κ1) is 13.4. The van der Waals surface area contributed by atoms with Crippen LogP contribution in [0.3, 0.4) is 0 Å². The molecule has 0 spiro atoms. The second-order valence-corrected chi connectivity index (χ2v) is 5.75. The lowest BCUT2D eigenvalue weighted by Gasteiger charge is -2.36. The highest BCUT2D eigenvalue weighted by molar-refractivity contribution is 9.10. The average Bonchev–Trinajstić information content (AvgIpc) is 2.33. The first-order valence-corrected chi connectivity index (χ1v) is 6.83. The smallest absolute Gasteiger partial charge is 0.246 e. The molecule has 5 heteroatoms. The van der Waals surface area contributed by atoms with E-state index in [1.165, 1.54) is 0 Å². The summed E-state index contributed by atoms with van der Waals surface area (Å²) in [5.41, 5.74) is 7.70. The number of amides is 1. The lowest BCUT2D eigenvalue weighted by molar-refractivity contribution is -0.117. The molecule has 0 aliphatic carbocycles. The fourth-order valence-corrected chi connectivity index (χ4v) is 2.48. The Labute approximate surface area is 116 Å². The van der Waals surface area contributed by atoms with Crippen LogP contribution in [0.15, 0.2) is 22.7 Å². The highest BCUT2D eigenvalue weighted by atomic mass is 79.9. The highest BCUT2D eigenvalue weighted by Crippen LogP contribution is 2.35. The second-order valence-electron chi connectivity index (χ2n) is 4.83. The molecule has 0 aromatic heterocycles. The highest BCUT2D eigenvalue weighted by Gasteiger charge is 2.28. The van der Waals surface area contributed by atoms with Gasteiger partial charge in [-0.05, 0) is 30.7 Å². The Morgan fingerprint density at radius 1 is 1.44 bits per heavy atom. The number of hydrogen-bond acceptors (Lipinski definition) is 3. The summed E-state index contributed by atoms with van der Waals surface area (Å²) in [6, 6.07) is 6.02. The molecule has 1 unspecified atom stereocenters. The van der Waals surface area contributed by atoms with E-state index in [0.29, 0.717) is 25.6 Å². The van der Waals surface area contributed by atoms with E-state index in [0.717, 1.165) is 15.8 Å². The first-order valence-electron chi connectivity index (χ1n) is 6.04. The van der Waals surface area contributed by atoms with Crippen LogP contribution in [0.4, 0.5) is 11.4 Å². The van der Waals surface area contributed by atoms with E-state index in [1.54, 1.807) is 0 Å². The van der Waals surface area contributed by atoms with Crippen LogP contribution >= 0.6 is 15.9 Å². The minimum atomic E-state index is 0.128. The van der Waals surface area contributed by atoms with Gasteiger partial charge in [-0.15, -0.1) is 0 Å². The zero-order chi connectivity index (χ0) is 13.3. The summed E-state index contributed by atoms with van der Waals surface area (Å²) in [5.74, 6) is 0.424. The number of anilines is 2. The Hall–Kier alpha value is -1.07. The van der Waals surface area contributed by atoms with Gasteiger partial charge in [-0.3, -0.25) is 4.79 Å². The summed E-state index contributed by atoms with van der Waals surface area (Å²) >= 11 is 3.46. The Kier molecular flexibility index (Phi) is 3.92. The molecule has 1 heterocycles. The molecule has 0 bridgehead atoms. The molecule has 1 aliphatic rings. The maximum absolute atomic E-state index is 12.2. The zero-order valence-electron chi connectivity index (χ0n) is 10.7. The minimum absolute atomic E-state index is 0.128. The van der Waals surface area contributed by atoms with Gasteiger partial charge in [-0.2, -0.15) is 0 Å². The summed E-state index contributed by atoms with van der Waals surface area (Å²) < 4.78 is 0.981. The number of nitrogens with zero attached hydrogens (tertiary/aromatic N) is 2. The number of carbonyl (C=O) groups is 1. The van der Waals surface area contributed by atoms with Crippen LogP contribution in [0.25, 0.3) is 0 Å². The summed E-state index contributed by atoms with van der Waals surface area (Å²) in [6.45, 7) is 3.74. The summed E-state index contributed by atoms with van der Waals surface area (Å²) in [7, 11) is 1.94. The summed E-state index contributed by atoms with van der Waals surface area (Å²) in [5, 5.41) is 0. The topological polar surface area (TPSA) is 49.6 Å². The molecule has 1 atom stereocenters. The molecule has 0 radical (unpaired) electrons. The molecule has 0 saturated heterocycles. The second kappa shape index (κ2) is 5.28. The predicted molar refractivity (Wildman–Crippen MR) is 78.0 cm³/mol. The molecule has 1 amide bonds. The van der Waals surface area contributed by atoms with Crippen molar-refractivity contribution in [2.75, 3.05) is 36.5 Å². The largest absolute Gasteiger partial charge is 0.364 e. The fourth-order valence-electron chi connectivity index (χ4n) is 2.13. The van der Waals surface area contributed by atoms with Gasteiger partial charge in [0.1, 0.15) is 0 Å². The van der Waals surface area contributed by atoms with E-state index in [4.69, 9.17) is 5.73 Å². The lowest BCUT2D eigenvalue weighted by Crippen LogP contribution is -2.46. The third kappa shape index (κ3) is 2.52. The van der Waals surface area contributed by atoms with Crippen LogP contribution in [0, 0.1) is 5.92 Å². The van der Waals surface area contributed by atoms with Gasteiger partial charge in [0.05, 0.1) is 17.9 Å². The Morgan fingerprint density at radius 2 is 2.17 bits per heavy atom. The van der Waals surface area contributed by atoms with E-state index < -0.39 is 0 Å². The van der Waals surface area contributed by atoms with Gasteiger partial charge in [0.2, 0.25) is 5.91 Å². The van der Waals surface area contributed by atoms with Gasteiger partial charge in [-0.1, -0.05) is 22.9 Å². The van der Waals surface area contributed by atoms with E-state index in [-0.39, 0.29) is 5.91 Å². The number of carbonyl (C=O) groups excluding carboxylic acids is 1. The van der Waals surface area contributed by atoms with Crippen molar-refractivity contribution in [3.05, 3.63) is 22.7 Å². The number of nitrogens with two attached hydrogens (primary N) is 1. The number of benzene rings is 1. The maximum Gasteiger partial charge on any atom is 0.246 e. The molecular weight excluding hydrogens is 294 g/mol. The predicted octanol–water partition coefficient (Wildman–Crippen LogP) is 1.83. The van der Waals surface area contributed by atoms with Crippen LogP contribution in [-0.4, -0.2) is 32.6 Å². The van der Waals surface area contributed by atoms with Crippen molar-refractivity contribution in [3.8, 4) is 0 Å². The SMILES string of the molecule is CC(CN)CN1C(=O)CN(C)c2ccc(Br)cc21. The van der Waals surface area contributed by atoms with Crippen molar-refractivity contribution in [2.24, 2.45) is 11.7 Å². The number of halogens is 1. The monoisotopic (exact) mass is 311 g/mol. The first-order chi connectivity index (χ1) is 8.52. The van der Waals surface area contributed by atoms with Gasteiger partial charge in [0.25, 0.3) is 0 Å². The van der Waals surface area contributed by atoms with E-state index in [2.05, 4.69) is 22.9 Å². The zero-order valence-corrected chi connectivity index (χ0v) is 12.3. The Bertz CT molecular complexity index is 464. The van der Waals surface area contributed by atoms with Crippen molar-refractivity contribution in [1.82, 2.24) is 0 Å². The Morgan fingerprint density at radius 3 is 2.83 bits per heavy atom. The van der Waals surface area contributed by atoms with Crippen LogP contribution in [0.5, 0.6) is 0 Å². The van der Waals surface area contributed by atoms with Crippen LogP contribution in [0.2, 0.25) is 0 Å². The molecule has 0 fully saturated rings. The third-order valence-electron chi connectivity index (χ3n) is 3.21. The lowest BCUT2D eigenvalue weighted by atomic mass is 10.1. The fraction of sp³-hybridized carbons (Fsp3) is 0.462. The molecule has 1 aromatic carbocycles. The summed E-state index contributed by atoms with van der Waals surface area (Å²) in [4.78, 5) is 16.0. The van der Waals surface area contributed by atoms with Crippen LogP contribution in [-0.2, 0) is 4.79 Å². The molecule has 1 aliphatic heterocycles. The van der Waals surface area contributed by atoms with Crippen molar-refractivity contribution in [2.45, 2.75) is 6.92 Å². The van der Waals surface area contributed by atoms with E-state index in [1.807, 2.05) is 35.0 Å². The molecular formula is C13H18BrN3O. The van der Waals surface area contributed by atoms with Gasteiger partial charge in [0, 0.05) is 18.1 Å². The minimum Gasteiger partial charge on any atom is -0.364 e. The molecule has 0 saturated carbocycles. The number of rotatable bonds is 3. The molecule has 18 heavy (non-hydrogen) atoms. The van der Waals surface area contributed by atoms with Gasteiger partial charge in [0.15, 0.2) is 0 Å². The normalized spacial score (nSPS) is 16.8. The van der Waals surface area contributed by atoms with Crippen molar-refractivity contribution >= 4 is 33.2 Å². The molecule has 98 valence electrons. The molecule has 1 aromatic rings. The average molecular weight is 312 g/mol. The molecule has 2 N–H and O–H groups in total. The molecule has 4 nitrogen and oxygen atoms in total. The standard InChI is InChI=1S/C13H18BrN3O/c1-9(6-15)7-17-12-5-10(14)3-4-11(12)16(2)8-13(17)18/h3-5,9H,6-8,15H2,1-2H3. The number of likely N-dealkylation sites (N-methyl/N-ethyl adjacent to an activating group) is 1. The van der Waals surface area contributed by atoms with Crippen molar-refractivity contribution in [1.29, 1.82) is 0 Å². The molecule has 2 rings (SSSR count). The van der Waals surface area contributed by atoms with Gasteiger partial charge >= 0.3 is 0 Å². The van der Waals surface area contributed by atoms with Crippen molar-refractivity contribution < 1.29 is 4.79 Å². The maximum atomic E-state index is 12.2. The summed E-state index contributed by atoms with van der Waals surface area (Å²) in [6.07, 6.45) is 0. The quantitative estimate of drug-likeness (QED) is 0.926. The number of fused-ring (bicyclic) bond motifs is 1. The van der Waals surface area contributed by atoms with E-state index in [9.17, 15) is 4.79 Å². The van der Waals surface area contributed by atoms with Crippen molar-refractivity contribution in [3.63, 3.8) is 0 Å². The van der Waals surface area contributed by atoms with Gasteiger partial charge in [-0.25, -0.2) is 0 Å².